The van der Waals surface area contributed by atoms with Gasteiger partial charge >= 0.3 is 0 Å². The van der Waals surface area contributed by atoms with Crippen LogP contribution in [0.25, 0.3) is 0 Å². The number of rotatable bonds is 1. The third kappa shape index (κ3) is 1.74. The molecule has 0 saturated carbocycles. The Bertz CT molecular complexity index is 319. The molecule has 1 saturated heterocycles. The molecule has 1 aromatic rings. The largest absolute Gasteiger partial charge is 0.335 e. The maximum atomic E-state index is 11.8. The molecule has 2 atom stereocenters. The highest BCUT2D eigenvalue weighted by Gasteiger charge is 2.32. The van der Waals surface area contributed by atoms with Crippen molar-refractivity contribution in [2.75, 3.05) is 13.1 Å². The van der Waals surface area contributed by atoms with Gasteiger partial charge in [0.05, 0.1) is 5.38 Å². The number of likely N-dealkylation sites (tertiary alicyclic amines) is 1. The van der Waals surface area contributed by atoms with E-state index in [1.807, 2.05) is 6.92 Å². The van der Waals surface area contributed by atoms with Crippen LogP contribution in [0.2, 0.25) is 0 Å². The molecule has 1 fully saturated rings. The summed E-state index contributed by atoms with van der Waals surface area (Å²) in [6, 6.07) is 0. The zero-order valence-electron chi connectivity index (χ0n) is 7.68. The quantitative estimate of drug-likeness (QED) is 0.684. The van der Waals surface area contributed by atoms with Gasteiger partial charge in [-0.05, 0) is 17.5 Å². The Balaban J connectivity index is 2.07. The van der Waals surface area contributed by atoms with Gasteiger partial charge in [0.25, 0.3) is 5.91 Å². The number of carbonyl (C=O) groups is 1. The lowest BCUT2D eigenvalue weighted by atomic mass is 10.2. The van der Waals surface area contributed by atoms with Gasteiger partial charge in [-0.25, -0.2) is 0 Å². The minimum Gasteiger partial charge on any atom is -0.335 e. The summed E-state index contributed by atoms with van der Waals surface area (Å²) in [5, 5.41) is 5.47. The highest BCUT2D eigenvalue weighted by atomic mass is 35.5. The maximum absolute atomic E-state index is 11.8. The second-order valence-corrected chi connectivity index (χ2v) is 4.66. The van der Waals surface area contributed by atoms with Crippen molar-refractivity contribution in [2.24, 2.45) is 5.92 Å². The Kier molecular flexibility index (Phi) is 2.69. The van der Waals surface area contributed by atoms with Gasteiger partial charge in [0, 0.05) is 18.5 Å². The van der Waals surface area contributed by atoms with Crippen molar-refractivity contribution >= 4 is 29.0 Å². The first kappa shape index (κ1) is 9.86. The van der Waals surface area contributed by atoms with Crippen LogP contribution in [0.3, 0.4) is 0 Å². The van der Waals surface area contributed by atoms with Crippen molar-refractivity contribution in [3.05, 3.63) is 11.1 Å². The molecule has 0 spiro atoms. The molecule has 0 bridgehead atoms. The Morgan fingerprint density at radius 1 is 1.71 bits per heavy atom. The molecule has 1 amide bonds. The number of hydrogen-bond acceptors (Lipinski definition) is 4. The average molecular weight is 232 g/mol. The number of amides is 1. The van der Waals surface area contributed by atoms with Crippen molar-refractivity contribution in [3.63, 3.8) is 0 Å². The van der Waals surface area contributed by atoms with Crippen LogP contribution in [0.15, 0.2) is 5.38 Å². The van der Waals surface area contributed by atoms with Crippen molar-refractivity contribution in [1.82, 2.24) is 14.5 Å². The Labute approximate surface area is 91.0 Å². The molecule has 14 heavy (non-hydrogen) atoms. The summed E-state index contributed by atoms with van der Waals surface area (Å²) in [7, 11) is 0. The van der Waals surface area contributed by atoms with E-state index in [9.17, 15) is 4.79 Å². The second kappa shape index (κ2) is 3.82. The van der Waals surface area contributed by atoms with Crippen LogP contribution in [-0.2, 0) is 0 Å². The lowest BCUT2D eigenvalue weighted by Gasteiger charge is -2.13. The normalized spacial score (nSPS) is 26.9. The Morgan fingerprint density at radius 3 is 3.00 bits per heavy atom. The SMILES string of the molecule is CC1CN(C(=O)c2csnn2)CC1Cl. The van der Waals surface area contributed by atoms with Gasteiger partial charge in [-0.3, -0.25) is 4.79 Å². The van der Waals surface area contributed by atoms with E-state index in [4.69, 9.17) is 11.6 Å². The van der Waals surface area contributed by atoms with E-state index >= 15 is 0 Å². The molecular weight excluding hydrogens is 222 g/mol. The van der Waals surface area contributed by atoms with Crippen molar-refractivity contribution in [3.8, 4) is 0 Å². The Hall–Kier alpha value is -0.680. The van der Waals surface area contributed by atoms with E-state index in [0.29, 0.717) is 24.7 Å². The zero-order chi connectivity index (χ0) is 10.1. The highest BCUT2D eigenvalue weighted by Crippen LogP contribution is 2.22. The first-order valence-electron chi connectivity index (χ1n) is 4.39. The van der Waals surface area contributed by atoms with Crippen LogP contribution < -0.4 is 0 Å². The van der Waals surface area contributed by atoms with Gasteiger partial charge in [-0.1, -0.05) is 11.4 Å². The van der Waals surface area contributed by atoms with E-state index in [1.54, 1.807) is 10.3 Å². The molecule has 1 aliphatic rings. The first-order valence-corrected chi connectivity index (χ1v) is 5.66. The van der Waals surface area contributed by atoms with Crippen LogP contribution in [0.1, 0.15) is 17.4 Å². The summed E-state index contributed by atoms with van der Waals surface area (Å²) in [6.45, 7) is 3.37. The number of alkyl halides is 1. The average Bonchev–Trinajstić information content (AvgIpc) is 2.76. The Morgan fingerprint density at radius 2 is 2.50 bits per heavy atom. The van der Waals surface area contributed by atoms with Crippen LogP contribution in [0, 0.1) is 5.92 Å². The fourth-order valence-electron chi connectivity index (χ4n) is 1.51. The van der Waals surface area contributed by atoms with Gasteiger partial charge in [0.1, 0.15) is 0 Å². The molecule has 0 aliphatic carbocycles. The molecule has 0 radical (unpaired) electrons. The van der Waals surface area contributed by atoms with Crippen LogP contribution in [0.4, 0.5) is 0 Å². The van der Waals surface area contributed by atoms with E-state index in [-0.39, 0.29) is 11.3 Å². The minimum absolute atomic E-state index is 0.0607. The van der Waals surface area contributed by atoms with Crippen LogP contribution >= 0.6 is 23.1 Å². The molecule has 76 valence electrons. The fourth-order valence-corrected chi connectivity index (χ4v) is 2.19. The molecule has 6 heteroatoms. The van der Waals surface area contributed by atoms with Gasteiger partial charge in [0.15, 0.2) is 5.69 Å². The summed E-state index contributed by atoms with van der Waals surface area (Å²) in [4.78, 5) is 13.5. The number of aromatic nitrogens is 2. The van der Waals surface area contributed by atoms with E-state index in [1.165, 1.54) is 11.5 Å². The number of hydrogen-bond donors (Lipinski definition) is 0. The fraction of sp³-hybridized carbons (Fsp3) is 0.625. The third-order valence-corrected chi connectivity index (χ3v) is 3.46. The number of nitrogens with zero attached hydrogens (tertiary/aromatic N) is 3. The standard InChI is InChI=1S/C8H10ClN3OS/c1-5-2-12(3-6(5)9)8(13)7-4-14-11-10-7/h4-6H,2-3H2,1H3. The smallest absolute Gasteiger partial charge is 0.275 e. The van der Waals surface area contributed by atoms with Gasteiger partial charge in [-0.15, -0.1) is 16.7 Å². The molecule has 4 nitrogen and oxygen atoms in total. The van der Waals surface area contributed by atoms with Gasteiger partial charge < -0.3 is 4.90 Å². The van der Waals surface area contributed by atoms with E-state index in [2.05, 4.69) is 9.59 Å². The van der Waals surface area contributed by atoms with Crippen LogP contribution in [0.5, 0.6) is 0 Å². The minimum atomic E-state index is -0.0613. The molecule has 2 unspecified atom stereocenters. The van der Waals surface area contributed by atoms with Crippen molar-refractivity contribution in [2.45, 2.75) is 12.3 Å². The zero-order valence-corrected chi connectivity index (χ0v) is 9.25. The summed E-state index contributed by atoms with van der Waals surface area (Å²) in [5.74, 6) is 0.293. The predicted molar refractivity (Wildman–Crippen MR) is 54.6 cm³/mol. The molecule has 2 rings (SSSR count). The molecule has 0 N–H and O–H groups in total. The van der Waals surface area contributed by atoms with Crippen molar-refractivity contribution in [1.29, 1.82) is 0 Å². The third-order valence-electron chi connectivity index (χ3n) is 2.39. The molecule has 2 heterocycles. The topological polar surface area (TPSA) is 46.1 Å². The van der Waals surface area contributed by atoms with E-state index in [0.717, 1.165) is 0 Å². The molecule has 1 aromatic heterocycles. The molecule has 0 aromatic carbocycles. The summed E-state index contributed by atoms with van der Waals surface area (Å²) in [6.07, 6.45) is 0. The monoisotopic (exact) mass is 231 g/mol. The summed E-state index contributed by atoms with van der Waals surface area (Å²) < 4.78 is 3.66. The van der Waals surface area contributed by atoms with Gasteiger partial charge in [-0.2, -0.15) is 0 Å². The predicted octanol–water partition coefficient (Wildman–Crippen LogP) is 1.24. The first-order chi connectivity index (χ1) is 6.68. The maximum Gasteiger partial charge on any atom is 0.275 e. The molecule has 1 aliphatic heterocycles. The lowest BCUT2D eigenvalue weighted by molar-refractivity contribution is 0.0782. The molecular formula is C8H10ClN3OS. The van der Waals surface area contributed by atoms with Crippen molar-refractivity contribution < 1.29 is 4.79 Å². The van der Waals surface area contributed by atoms with Crippen LogP contribution in [-0.4, -0.2) is 38.9 Å². The number of halogens is 1. The van der Waals surface area contributed by atoms with E-state index < -0.39 is 0 Å². The summed E-state index contributed by atoms with van der Waals surface area (Å²) >= 11 is 7.22. The highest BCUT2D eigenvalue weighted by molar-refractivity contribution is 7.03. The lowest BCUT2D eigenvalue weighted by Crippen LogP contribution is -2.29. The van der Waals surface area contributed by atoms with Gasteiger partial charge in [0.2, 0.25) is 0 Å². The second-order valence-electron chi connectivity index (χ2n) is 3.49. The summed E-state index contributed by atoms with van der Waals surface area (Å²) in [5.41, 5.74) is 0.424. The number of carbonyl (C=O) groups excluding carboxylic acids is 1.